The number of amides is 1. The second-order valence-electron chi connectivity index (χ2n) is 4.70. The summed E-state index contributed by atoms with van der Waals surface area (Å²) in [5, 5.41) is 8.75. The summed E-state index contributed by atoms with van der Waals surface area (Å²) < 4.78 is 13.4. The molecule has 0 saturated heterocycles. The highest BCUT2D eigenvalue weighted by atomic mass is 19.1. The van der Waals surface area contributed by atoms with Gasteiger partial charge in [0.15, 0.2) is 0 Å². The Kier molecular flexibility index (Phi) is 7.49. The third-order valence-corrected chi connectivity index (χ3v) is 3.12. The maximum atomic E-state index is 13.4. The summed E-state index contributed by atoms with van der Waals surface area (Å²) in [6.07, 6.45) is 2.25. The van der Waals surface area contributed by atoms with Crippen LogP contribution in [0.3, 0.4) is 0 Å². The average Bonchev–Trinajstić information content (AvgIpc) is 2.48. The highest BCUT2D eigenvalue weighted by Crippen LogP contribution is 2.14. The van der Waals surface area contributed by atoms with E-state index in [-0.39, 0.29) is 12.5 Å². The summed E-state index contributed by atoms with van der Waals surface area (Å²) in [7, 11) is 0. The van der Waals surface area contributed by atoms with E-state index in [1.807, 2.05) is 6.92 Å². The number of hydrogen-bond acceptors (Lipinski definition) is 2. The molecule has 1 aromatic rings. The molecule has 0 aromatic heterocycles. The van der Waals surface area contributed by atoms with Crippen LogP contribution in [0.1, 0.15) is 49.0 Å². The van der Waals surface area contributed by atoms with Crippen molar-refractivity contribution in [3.05, 3.63) is 35.1 Å². The molecule has 0 radical (unpaired) electrons. The number of nitrogens with zero attached hydrogens (tertiary/aromatic N) is 1. The molecule has 1 rings (SSSR count). The van der Waals surface area contributed by atoms with Crippen LogP contribution in [0.5, 0.6) is 0 Å². The van der Waals surface area contributed by atoms with Crippen molar-refractivity contribution in [2.45, 2.75) is 33.1 Å². The van der Waals surface area contributed by atoms with Crippen LogP contribution in [0.15, 0.2) is 18.2 Å². The van der Waals surface area contributed by atoms with Gasteiger partial charge in [-0.3, -0.25) is 4.79 Å². The number of carbonyl (C=O) groups is 1. The van der Waals surface area contributed by atoms with Gasteiger partial charge in [-0.1, -0.05) is 25.2 Å². The molecule has 1 aromatic carbocycles. The highest BCUT2D eigenvalue weighted by Gasteiger charge is 2.17. The zero-order valence-corrected chi connectivity index (χ0v) is 12.7. The highest BCUT2D eigenvalue weighted by molar-refractivity contribution is 5.96. The number of benzene rings is 1. The van der Waals surface area contributed by atoms with E-state index >= 15 is 0 Å². The molecule has 0 atom stereocenters. The summed E-state index contributed by atoms with van der Waals surface area (Å²) >= 11 is 0. The molecule has 0 aliphatic carbocycles. The Balaban J connectivity index is 3.05. The molecule has 0 bridgehead atoms. The number of aliphatic hydroxyl groups excluding tert-OH is 1. The SMILES string of the molecule is CCCCN(CC)C(=O)c1ccc(F)cc1C#CCCO. The van der Waals surface area contributed by atoms with E-state index < -0.39 is 5.82 Å². The maximum Gasteiger partial charge on any atom is 0.255 e. The molecule has 0 spiro atoms. The Morgan fingerprint density at radius 2 is 2.14 bits per heavy atom. The van der Waals surface area contributed by atoms with Crippen molar-refractivity contribution in [3.63, 3.8) is 0 Å². The summed E-state index contributed by atoms with van der Waals surface area (Å²) in [5.74, 6) is 4.96. The van der Waals surface area contributed by atoms with Crippen LogP contribution in [-0.2, 0) is 0 Å². The van der Waals surface area contributed by atoms with Crippen LogP contribution in [0, 0.1) is 17.7 Å². The lowest BCUT2D eigenvalue weighted by atomic mass is 10.1. The summed E-state index contributed by atoms with van der Waals surface area (Å²) in [6.45, 7) is 5.24. The number of halogens is 1. The normalized spacial score (nSPS) is 9.90. The minimum atomic E-state index is -0.420. The molecule has 0 heterocycles. The lowest BCUT2D eigenvalue weighted by molar-refractivity contribution is 0.0762. The van der Waals surface area contributed by atoms with Crippen LogP contribution < -0.4 is 0 Å². The molecule has 1 N–H and O–H groups in total. The van der Waals surface area contributed by atoms with E-state index in [9.17, 15) is 9.18 Å². The summed E-state index contributed by atoms with van der Waals surface area (Å²) in [6, 6.07) is 4.03. The lowest BCUT2D eigenvalue weighted by Crippen LogP contribution is -2.32. The van der Waals surface area contributed by atoms with E-state index in [0.29, 0.717) is 30.6 Å². The van der Waals surface area contributed by atoms with Gasteiger partial charge in [0.2, 0.25) is 0 Å². The third kappa shape index (κ3) is 5.20. The molecule has 3 nitrogen and oxygen atoms in total. The first-order chi connectivity index (χ1) is 10.1. The van der Waals surface area contributed by atoms with Gasteiger partial charge in [-0.15, -0.1) is 0 Å². The number of aliphatic hydroxyl groups is 1. The van der Waals surface area contributed by atoms with Gasteiger partial charge in [-0.05, 0) is 31.5 Å². The molecular weight excluding hydrogens is 269 g/mol. The van der Waals surface area contributed by atoms with Crippen LogP contribution in [-0.4, -0.2) is 35.6 Å². The van der Waals surface area contributed by atoms with E-state index in [4.69, 9.17) is 5.11 Å². The van der Waals surface area contributed by atoms with Crippen LogP contribution in [0.2, 0.25) is 0 Å². The van der Waals surface area contributed by atoms with Crippen molar-refractivity contribution >= 4 is 5.91 Å². The first-order valence-electron chi connectivity index (χ1n) is 7.32. The summed E-state index contributed by atoms with van der Waals surface area (Å²) in [5.41, 5.74) is 0.795. The third-order valence-electron chi connectivity index (χ3n) is 3.12. The van der Waals surface area contributed by atoms with E-state index in [0.717, 1.165) is 12.8 Å². The van der Waals surface area contributed by atoms with Crippen molar-refractivity contribution in [1.82, 2.24) is 4.90 Å². The minimum absolute atomic E-state index is 0.0524. The number of hydrogen-bond donors (Lipinski definition) is 1. The first-order valence-corrected chi connectivity index (χ1v) is 7.32. The van der Waals surface area contributed by atoms with Crippen molar-refractivity contribution in [2.75, 3.05) is 19.7 Å². The summed E-state index contributed by atoms with van der Waals surface area (Å²) in [4.78, 5) is 14.3. The number of unbranched alkanes of at least 4 members (excludes halogenated alkanes) is 1. The van der Waals surface area contributed by atoms with Gasteiger partial charge in [0.25, 0.3) is 5.91 Å². The van der Waals surface area contributed by atoms with Crippen LogP contribution >= 0.6 is 0 Å². The predicted octanol–water partition coefficient (Wildman–Crippen LogP) is 2.82. The Morgan fingerprint density at radius 3 is 2.76 bits per heavy atom. The second kappa shape index (κ2) is 9.15. The largest absolute Gasteiger partial charge is 0.395 e. The quantitative estimate of drug-likeness (QED) is 0.819. The Bertz CT molecular complexity index is 531. The standard InChI is InChI=1S/C17H22FNO2/c1-3-5-11-19(4-2)17(21)16-10-9-15(18)13-14(16)8-6-7-12-20/h9-10,13,20H,3-5,7,11-12H2,1-2H3. The van der Waals surface area contributed by atoms with E-state index in [2.05, 4.69) is 18.8 Å². The van der Waals surface area contributed by atoms with E-state index in [1.54, 1.807) is 4.90 Å². The Hall–Kier alpha value is -1.86. The molecule has 0 unspecified atom stereocenters. The monoisotopic (exact) mass is 291 g/mol. The average molecular weight is 291 g/mol. The van der Waals surface area contributed by atoms with Crippen molar-refractivity contribution < 1.29 is 14.3 Å². The first kappa shape index (κ1) is 17.2. The number of rotatable bonds is 6. The molecule has 0 aliphatic heterocycles. The van der Waals surface area contributed by atoms with Gasteiger partial charge < -0.3 is 10.0 Å². The van der Waals surface area contributed by atoms with E-state index in [1.165, 1.54) is 18.2 Å². The van der Waals surface area contributed by atoms with Gasteiger partial charge >= 0.3 is 0 Å². The molecule has 114 valence electrons. The lowest BCUT2D eigenvalue weighted by Gasteiger charge is -2.21. The van der Waals surface area contributed by atoms with Crippen molar-refractivity contribution in [2.24, 2.45) is 0 Å². The number of carbonyl (C=O) groups excluding carboxylic acids is 1. The Labute approximate surface area is 125 Å². The second-order valence-corrected chi connectivity index (χ2v) is 4.70. The minimum Gasteiger partial charge on any atom is -0.395 e. The molecule has 0 saturated carbocycles. The molecule has 0 fully saturated rings. The molecule has 4 heteroatoms. The van der Waals surface area contributed by atoms with Crippen LogP contribution in [0.4, 0.5) is 4.39 Å². The van der Waals surface area contributed by atoms with Crippen LogP contribution in [0.25, 0.3) is 0 Å². The fraction of sp³-hybridized carbons (Fsp3) is 0.471. The van der Waals surface area contributed by atoms with Gasteiger partial charge in [0.1, 0.15) is 5.82 Å². The molecular formula is C17H22FNO2. The molecule has 1 amide bonds. The molecule has 0 aliphatic rings. The van der Waals surface area contributed by atoms with Crippen molar-refractivity contribution in [3.8, 4) is 11.8 Å². The van der Waals surface area contributed by atoms with Gasteiger partial charge in [-0.2, -0.15) is 0 Å². The van der Waals surface area contributed by atoms with Gasteiger partial charge in [0, 0.05) is 25.1 Å². The topological polar surface area (TPSA) is 40.5 Å². The zero-order chi connectivity index (χ0) is 15.7. The fourth-order valence-electron chi connectivity index (χ4n) is 1.94. The van der Waals surface area contributed by atoms with Gasteiger partial charge in [0.05, 0.1) is 12.2 Å². The molecule has 21 heavy (non-hydrogen) atoms. The maximum absolute atomic E-state index is 13.4. The van der Waals surface area contributed by atoms with Crippen molar-refractivity contribution in [1.29, 1.82) is 0 Å². The smallest absolute Gasteiger partial charge is 0.255 e. The van der Waals surface area contributed by atoms with Gasteiger partial charge in [-0.25, -0.2) is 4.39 Å². The fourth-order valence-corrected chi connectivity index (χ4v) is 1.94. The predicted molar refractivity (Wildman–Crippen MR) is 81.5 cm³/mol. The Morgan fingerprint density at radius 1 is 1.38 bits per heavy atom. The zero-order valence-electron chi connectivity index (χ0n) is 12.7.